The summed E-state index contributed by atoms with van der Waals surface area (Å²) in [6.07, 6.45) is 0. The first-order chi connectivity index (χ1) is 8.70. The molecule has 0 heterocycles. The number of nitrogens with zero attached hydrogens (tertiary/aromatic N) is 1. The average Bonchev–Trinajstić information content (AvgIpc) is 2.36. The van der Waals surface area contributed by atoms with E-state index in [4.69, 9.17) is 10.9 Å². The molecule has 8 heteroatoms. The van der Waals surface area contributed by atoms with Crippen LogP contribution < -0.4 is 10.5 Å². The lowest BCUT2D eigenvalue weighted by Gasteiger charge is -2.23. The fourth-order valence-electron chi connectivity index (χ4n) is 1.24. The van der Waals surface area contributed by atoms with Crippen LogP contribution in [0.15, 0.2) is 34.3 Å². The van der Waals surface area contributed by atoms with Gasteiger partial charge in [0.25, 0.3) is 0 Å². The normalized spacial score (nSPS) is 13.5. The second kappa shape index (κ2) is 5.54. The van der Waals surface area contributed by atoms with Gasteiger partial charge in [0.15, 0.2) is 0 Å². The van der Waals surface area contributed by atoms with E-state index in [1.165, 1.54) is 12.1 Å². The summed E-state index contributed by atoms with van der Waals surface area (Å²) in [5, 5.41) is 11.4. The molecule has 1 aromatic carbocycles. The lowest BCUT2D eigenvalue weighted by atomic mass is 9.93. The van der Waals surface area contributed by atoms with Crippen LogP contribution in [0.3, 0.4) is 0 Å². The van der Waals surface area contributed by atoms with Crippen LogP contribution in [0, 0.1) is 11.2 Å². The Hall–Kier alpha value is -1.67. The van der Waals surface area contributed by atoms with Crippen LogP contribution in [0.25, 0.3) is 0 Å². The number of halogens is 1. The summed E-state index contributed by atoms with van der Waals surface area (Å²) >= 11 is 0. The maximum atomic E-state index is 13.4. The first kappa shape index (κ1) is 15.4. The van der Waals surface area contributed by atoms with Crippen molar-refractivity contribution in [2.75, 3.05) is 6.54 Å². The van der Waals surface area contributed by atoms with E-state index in [-0.39, 0.29) is 12.4 Å². The quantitative estimate of drug-likeness (QED) is 0.324. The largest absolute Gasteiger partial charge is 0.409 e. The zero-order valence-electron chi connectivity index (χ0n) is 10.6. The zero-order valence-corrected chi connectivity index (χ0v) is 11.4. The highest BCUT2D eigenvalue weighted by Gasteiger charge is 2.27. The Morgan fingerprint density at radius 1 is 1.47 bits per heavy atom. The number of rotatable bonds is 5. The number of hydrogen-bond donors (Lipinski definition) is 3. The van der Waals surface area contributed by atoms with Crippen molar-refractivity contribution in [1.82, 2.24) is 4.72 Å². The molecule has 19 heavy (non-hydrogen) atoms. The van der Waals surface area contributed by atoms with E-state index in [0.29, 0.717) is 0 Å². The van der Waals surface area contributed by atoms with Gasteiger partial charge in [-0.2, -0.15) is 0 Å². The van der Waals surface area contributed by atoms with E-state index in [1.807, 2.05) is 0 Å². The van der Waals surface area contributed by atoms with Crippen LogP contribution >= 0.6 is 0 Å². The number of benzene rings is 1. The molecule has 0 radical (unpaired) electrons. The molecule has 0 saturated heterocycles. The molecule has 0 amide bonds. The summed E-state index contributed by atoms with van der Waals surface area (Å²) in [5.74, 6) is -0.958. The zero-order chi connectivity index (χ0) is 14.7. The van der Waals surface area contributed by atoms with Crippen molar-refractivity contribution in [3.8, 4) is 0 Å². The number of oxime groups is 1. The average molecular weight is 289 g/mol. The summed E-state index contributed by atoms with van der Waals surface area (Å²) in [6, 6.07) is 5.04. The first-order valence-electron chi connectivity index (χ1n) is 5.43. The van der Waals surface area contributed by atoms with Crippen molar-refractivity contribution in [2.24, 2.45) is 16.3 Å². The fraction of sp³-hybridized carbons (Fsp3) is 0.364. The van der Waals surface area contributed by atoms with Crippen molar-refractivity contribution in [1.29, 1.82) is 0 Å². The molecule has 106 valence electrons. The molecule has 0 bridgehead atoms. The predicted molar refractivity (Wildman–Crippen MR) is 68.8 cm³/mol. The molecule has 0 unspecified atom stereocenters. The summed E-state index contributed by atoms with van der Waals surface area (Å²) in [6.45, 7) is 3.05. The van der Waals surface area contributed by atoms with Crippen molar-refractivity contribution >= 4 is 15.9 Å². The van der Waals surface area contributed by atoms with Crippen LogP contribution in [-0.2, 0) is 10.0 Å². The number of nitrogens with one attached hydrogen (secondary N) is 1. The standard InChI is InChI=1S/C11H16FN3O3S/c1-11(2,10(13)15-16)7-14-19(17,18)9-6-4-3-5-8(9)12/h3-6,14,16H,7H2,1-2H3,(H2,13,15). The van der Waals surface area contributed by atoms with Gasteiger partial charge in [-0.3, -0.25) is 0 Å². The van der Waals surface area contributed by atoms with Gasteiger partial charge < -0.3 is 10.9 Å². The Labute approximate surface area is 111 Å². The van der Waals surface area contributed by atoms with Crippen LogP contribution in [0.2, 0.25) is 0 Å². The summed E-state index contributed by atoms with van der Waals surface area (Å²) in [5.41, 5.74) is 4.54. The monoisotopic (exact) mass is 289 g/mol. The molecule has 0 aliphatic carbocycles. The number of nitrogens with two attached hydrogens (primary N) is 1. The Morgan fingerprint density at radius 2 is 2.05 bits per heavy atom. The molecule has 0 fully saturated rings. The third kappa shape index (κ3) is 3.65. The van der Waals surface area contributed by atoms with Gasteiger partial charge in [0.05, 0.1) is 0 Å². The molecule has 0 aliphatic heterocycles. The van der Waals surface area contributed by atoms with E-state index in [0.717, 1.165) is 12.1 Å². The molecule has 1 rings (SSSR count). The molecule has 4 N–H and O–H groups in total. The SMILES string of the molecule is CC(C)(CNS(=O)(=O)c1ccccc1F)/C(N)=N/O. The van der Waals surface area contributed by atoms with Gasteiger partial charge in [0, 0.05) is 12.0 Å². The van der Waals surface area contributed by atoms with Gasteiger partial charge in [0.2, 0.25) is 10.0 Å². The molecule has 0 spiro atoms. The Bertz CT molecular complexity index is 585. The van der Waals surface area contributed by atoms with E-state index in [1.54, 1.807) is 13.8 Å². The van der Waals surface area contributed by atoms with Crippen LogP contribution in [0.5, 0.6) is 0 Å². The molecule has 0 saturated carbocycles. The van der Waals surface area contributed by atoms with Gasteiger partial charge in [-0.05, 0) is 12.1 Å². The van der Waals surface area contributed by atoms with Gasteiger partial charge in [0.1, 0.15) is 16.5 Å². The summed E-state index contributed by atoms with van der Waals surface area (Å²) in [4.78, 5) is -0.440. The van der Waals surface area contributed by atoms with Gasteiger partial charge in [-0.15, -0.1) is 0 Å². The minimum Gasteiger partial charge on any atom is -0.409 e. The van der Waals surface area contributed by atoms with Crippen LogP contribution in [0.4, 0.5) is 4.39 Å². The highest BCUT2D eigenvalue weighted by Crippen LogP contribution is 2.17. The third-order valence-electron chi connectivity index (χ3n) is 2.63. The smallest absolute Gasteiger partial charge is 0.243 e. The van der Waals surface area contributed by atoms with Crippen molar-refractivity contribution in [2.45, 2.75) is 18.7 Å². The first-order valence-corrected chi connectivity index (χ1v) is 6.91. The molecule has 6 nitrogen and oxygen atoms in total. The highest BCUT2D eigenvalue weighted by atomic mass is 32.2. The van der Waals surface area contributed by atoms with E-state index >= 15 is 0 Å². The Balaban J connectivity index is 2.92. The number of amidine groups is 1. The van der Waals surface area contributed by atoms with Gasteiger partial charge in [-0.25, -0.2) is 17.5 Å². The molecule has 0 aliphatic rings. The van der Waals surface area contributed by atoms with Crippen LogP contribution in [-0.4, -0.2) is 26.0 Å². The lowest BCUT2D eigenvalue weighted by molar-refractivity contribution is 0.307. The van der Waals surface area contributed by atoms with E-state index < -0.39 is 26.2 Å². The topological polar surface area (TPSA) is 105 Å². The molecule has 1 aromatic rings. The van der Waals surface area contributed by atoms with E-state index in [2.05, 4.69) is 9.88 Å². The second-order valence-corrected chi connectivity index (χ2v) is 6.36. The lowest BCUT2D eigenvalue weighted by Crippen LogP contribution is -2.42. The minimum atomic E-state index is -3.98. The molecular formula is C11H16FN3O3S. The molecule has 0 aromatic heterocycles. The maximum Gasteiger partial charge on any atom is 0.243 e. The number of sulfonamides is 1. The van der Waals surface area contributed by atoms with Gasteiger partial charge >= 0.3 is 0 Å². The fourth-order valence-corrected chi connectivity index (χ4v) is 2.53. The highest BCUT2D eigenvalue weighted by molar-refractivity contribution is 7.89. The molecule has 0 atom stereocenters. The predicted octanol–water partition coefficient (Wildman–Crippen LogP) is 0.877. The van der Waals surface area contributed by atoms with Crippen LogP contribution in [0.1, 0.15) is 13.8 Å². The summed E-state index contributed by atoms with van der Waals surface area (Å²) in [7, 11) is -3.98. The Morgan fingerprint density at radius 3 is 2.58 bits per heavy atom. The third-order valence-corrected chi connectivity index (χ3v) is 4.07. The number of hydrogen-bond acceptors (Lipinski definition) is 4. The minimum absolute atomic E-state index is 0.122. The Kier molecular flexibility index (Phi) is 4.48. The maximum absolute atomic E-state index is 13.4. The molecular weight excluding hydrogens is 273 g/mol. The van der Waals surface area contributed by atoms with Crippen molar-refractivity contribution < 1.29 is 18.0 Å². The van der Waals surface area contributed by atoms with E-state index in [9.17, 15) is 12.8 Å². The van der Waals surface area contributed by atoms with Crippen molar-refractivity contribution in [3.05, 3.63) is 30.1 Å². The van der Waals surface area contributed by atoms with Crippen molar-refractivity contribution in [3.63, 3.8) is 0 Å². The summed E-state index contributed by atoms with van der Waals surface area (Å²) < 4.78 is 39.5. The second-order valence-electron chi connectivity index (χ2n) is 4.62. The van der Waals surface area contributed by atoms with Gasteiger partial charge in [-0.1, -0.05) is 31.1 Å².